The summed E-state index contributed by atoms with van der Waals surface area (Å²) in [4.78, 5) is 45.3. The molecule has 1 fully saturated rings. The van der Waals surface area contributed by atoms with Gasteiger partial charge < -0.3 is 24.6 Å². The van der Waals surface area contributed by atoms with Gasteiger partial charge in [-0.25, -0.2) is 15.0 Å². The summed E-state index contributed by atoms with van der Waals surface area (Å²) in [5.41, 5.74) is 2.00. The number of aryl methyl sites for hydroxylation is 1. The van der Waals surface area contributed by atoms with Gasteiger partial charge in [0.1, 0.15) is 47.3 Å². The van der Waals surface area contributed by atoms with Crippen LogP contribution in [0.15, 0.2) is 42.7 Å². The molecule has 1 aliphatic heterocycles. The first-order chi connectivity index (χ1) is 20.7. The lowest BCUT2D eigenvalue weighted by Gasteiger charge is -2.31. The van der Waals surface area contributed by atoms with Crippen LogP contribution in [0.25, 0.3) is 11.3 Å². The number of H-pyrrole nitrogens is 1. The molecule has 220 valence electrons. The summed E-state index contributed by atoms with van der Waals surface area (Å²) in [7, 11) is 4.76. The van der Waals surface area contributed by atoms with Gasteiger partial charge in [-0.2, -0.15) is 10.2 Å². The second-order valence-corrected chi connectivity index (χ2v) is 10.0. The molecule has 14 heteroatoms. The molecular formula is C29H30N10O4. The molecule has 0 saturated carbocycles. The number of hydrogen-bond donors (Lipinski definition) is 2. The van der Waals surface area contributed by atoms with Crippen molar-refractivity contribution in [3.63, 3.8) is 0 Å². The number of aromatic nitrogens is 6. The fourth-order valence-corrected chi connectivity index (χ4v) is 4.60. The van der Waals surface area contributed by atoms with Crippen LogP contribution in [0.1, 0.15) is 45.2 Å². The molecule has 43 heavy (non-hydrogen) atoms. The van der Waals surface area contributed by atoms with Crippen LogP contribution < -0.4 is 14.8 Å². The number of anilines is 2. The minimum atomic E-state index is -0.223. The van der Waals surface area contributed by atoms with E-state index < -0.39 is 0 Å². The number of hydrogen-bond acceptors (Lipinski definition) is 11. The van der Waals surface area contributed by atoms with Crippen molar-refractivity contribution in [3.05, 3.63) is 65.5 Å². The standard InChI is InChI=1S/C29H30N10O4/c1-17-33-26(37-36-17)29(41)39-11-9-20(10-12-39)43-23-7-5-18(13-19(23)15-30)22-14-25(32-16-31-22)34-24-8-6-21(27(35-24)42-4)28(40)38(2)3/h5-8,13-14,16,20H,9-12H2,1-4H3,(H,33,36,37)(H,31,32,34,35). The van der Waals surface area contributed by atoms with Crippen molar-refractivity contribution in [3.8, 4) is 29.0 Å². The fourth-order valence-electron chi connectivity index (χ4n) is 4.60. The lowest BCUT2D eigenvalue weighted by Crippen LogP contribution is -2.42. The predicted octanol–water partition coefficient (Wildman–Crippen LogP) is 2.97. The minimum Gasteiger partial charge on any atom is -0.489 e. The smallest absolute Gasteiger partial charge is 0.293 e. The molecule has 4 aromatic rings. The van der Waals surface area contributed by atoms with Crippen molar-refractivity contribution < 1.29 is 19.1 Å². The first kappa shape index (κ1) is 28.9. The molecule has 2 amide bonds. The Balaban J connectivity index is 1.25. The lowest BCUT2D eigenvalue weighted by molar-refractivity contribution is 0.0584. The van der Waals surface area contributed by atoms with E-state index in [1.54, 1.807) is 56.3 Å². The number of carbonyl (C=O) groups is 2. The quantitative estimate of drug-likeness (QED) is 0.312. The molecule has 0 aliphatic carbocycles. The Morgan fingerprint density at radius 2 is 1.88 bits per heavy atom. The average molecular weight is 583 g/mol. The number of benzene rings is 1. The SMILES string of the molecule is COc1nc(Nc2cc(-c3ccc(OC4CCN(C(=O)c5n[nH]c(C)n5)CC4)c(C#N)c3)ncn2)ccc1C(=O)N(C)C. The number of ether oxygens (including phenoxy) is 2. The number of nitriles is 1. The first-order valence-corrected chi connectivity index (χ1v) is 13.5. The Hall–Kier alpha value is -5.58. The predicted molar refractivity (Wildman–Crippen MR) is 155 cm³/mol. The highest BCUT2D eigenvalue weighted by Gasteiger charge is 2.27. The number of pyridine rings is 1. The van der Waals surface area contributed by atoms with E-state index in [4.69, 9.17) is 9.47 Å². The van der Waals surface area contributed by atoms with Gasteiger partial charge in [0.2, 0.25) is 11.7 Å². The molecular weight excluding hydrogens is 552 g/mol. The van der Waals surface area contributed by atoms with Crippen LogP contribution in [-0.4, -0.2) is 92.1 Å². The van der Waals surface area contributed by atoms with Crippen LogP contribution in [-0.2, 0) is 0 Å². The number of piperidine rings is 1. The van der Waals surface area contributed by atoms with Crippen molar-refractivity contribution in [2.24, 2.45) is 0 Å². The van der Waals surface area contributed by atoms with Gasteiger partial charge >= 0.3 is 0 Å². The zero-order chi connectivity index (χ0) is 30.5. The zero-order valence-electron chi connectivity index (χ0n) is 24.2. The van der Waals surface area contributed by atoms with Gasteiger partial charge in [0, 0.05) is 51.7 Å². The van der Waals surface area contributed by atoms with Gasteiger partial charge in [-0.3, -0.25) is 14.7 Å². The third-order valence-electron chi connectivity index (χ3n) is 6.82. The van der Waals surface area contributed by atoms with E-state index >= 15 is 0 Å². The van der Waals surface area contributed by atoms with Crippen LogP contribution in [0, 0.1) is 18.3 Å². The molecule has 0 spiro atoms. The highest BCUT2D eigenvalue weighted by molar-refractivity contribution is 5.96. The zero-order valence-corrected chi connectivity index (χ0v) is 24.2. The van der Waals surface area contributed by atoms with Gasteiger partial charge in [-0.15, -0.1) is 5.10 Å². The summed E-state index contributed by atoms with van der Waals surface area (Å²) in [5, 5.41) is 19.6. The number of likely N-dealkylation sites (tertiary alicyclic amines) is 1. The Morgan fingerprint density at radius 1 is 1.09 bits per heavy atom. The molecule has 0 bridgehead atoms. The molecule has 5 rings (SSSR count). The summed E-state index contributed by atoms with van der Waals surface area (Å²) >= 11 is 0. The third kappa shape index (κ3) is 6.51. The van der Waals surface area contributed by atoms with E-state index in [2.05, 4.69) is 41.5 Å². The minimum absolute atomic E-state index is 0.144. The molecule has 4 heterocycles. The number of aromatic amines is 1. The number of nitrogens with zero attached hydrogens (tertiary/aromatic N) is 8. The Morgan fingerprint density at radius 3 is 2.56 bits per heavy atom. The molecule has 14 nitrogen and oxygen atoms in total. The molecule has 0 unspecified atom stereocenters. The molecule has 3 aromatic heterocycles. The van der Waals surface area contributed by atoms with E-state index in [9.17, 15) is 14.9 Å². The Kier molecular flexibility index (Phi) is 8.42. The average Bonchev–Trinajstić information content (AvgIpc) is 3.47. The topological polar surface area (TPSA) is 175 Å². The number of nitrogens with one attached hydrogen (secondary N) is 2. The number of rotatable bonds is 8. The first-order valence-electron chi connectivity index (χ1n) is 13.5. The number of carbonyl (C=O) groups excluding carboxylic acids is 2. The van der Waals surface area contributed by atoms with Crippen LogP contribution in [0.2, 0.25) is 0 Å². The third-order valence-corrected chi connectivity index (χ3v) is 6.82. The van der Waals surface area contributed by atoms with Crippen molar-refractivity contribution in [2.45, 2.75) is 25.9 Å². The van der Waals surface area contributed by atoms with Crippen molar-refractivity contribution in [1.82, 2.24) is 39.9 Å². The van der Waals surface area contributed by atoms with Crippen molar-refractivity contribution in [1.29, 1.82) is 5.26 Å². The summed E-state index contributed by atoms with van der Waals surface area (Å²) in [5.74, 6) is 1.87. The van der Waals surface area contributed by atoms with E-state index in [0.717, 1.165) is 0 Å². The number of methoxy groups -OCH3 is 1. The van der Waals surface area contributed by atoms with Crippen LogP contribution >= 0.6 is 0 Å². The monoisotopic (exact) mass is 582 g/mol. The lowest BCUT2D eigenvalue weighted by atomic mass is 10.1. The molecule has 0 atom stereocenters. The molecule has 1 aromatic carbocycles. The highest BCUT2D eigenvalue weighted by Crippen LogP contribution is 2.29. The maximum Gasteiger partial charge on any atom is 0.293 e. The van der Waals surface area contributed by atoms with E-state index in [-0.39, 0.29) is 29.6 Å². The summed E-state index contributed by atoms with van der Waals surface area (Å²) in [6.07, 6.45) is 2.50. The van der Waals surface area contributed by atoms with Crippen molar-refractivity contribution in [2.75, 3.05) is 39.6 Å². The Labute approximate surface area is 247 Å². The van der Waals surface area contributed by atoms with E-state index in [0.29, 0.717) is 71.5 Å². The van der Waals surface area contributed by atoms with Gasteiger partial charge in [0.05, 0.1) is 18.4 Å². The van der Waals surface area contributed by atoms with Crippen molar-refractivity contribution >= 4 is 23.5 Å². The molecule has 2 N–H and O–H groups in total. The Bertz CT molecular complexity index is 1690. The van der Waals surface area contributed by atoms with E-state index in [1.165, 1.54) is 18.3 Å². The van der Waals surface area contributed by atoms with Crippen LogP contribution in [0.3, 0.4) is 0 Å². The fraction of sp³-hybridized carbons (Fsp3) is 0.310. The normalized spacial score (nSPS) is 13.2. The second-order valence-electron chi connectivity index (χ2n) is 10.0. The van der Waals surface area contributed by atoms with Crippen LogP contribution in [0.4, 0.5) is 11.6 Å². The largest absolute Gasteiger partial charge is 0.489 e. The second kappa shape index (κ2) is 12.5. The molecule has 1 aliphatic rings. The van der Waals surface area contributed by atoms with Gasteiger partial charge in [0.15, 0.2) is 0 Å². The molecule has 1 saturated heterocycles. The van der Waals surface area contributed by atoms with Crippen LogP contribution in [0.5, 0.6) is 11.6 Å². The maximum atomic E-state index is 12.6. The number of amides is 2. The van der Waals surface area contributed by atoms with Gasteiger partial charge in [-0.05, 0) is 37.3 Å². The van der Waals surface area contributed by atoms with Gasteiger partial charge in [0.25, 0.3) is 11.8 Å². The highest BCUT2D eigenvalue weighted by atomic mass is 16.5. The van der Waals surface area contributed by atoms with Gasteiger partial charge in [-0.1, -0.05) is 0 Å². The summed E-state index contributed by atoms with van der Waals surface area (Å²) in [6, 6.07) is 12.5. The summed E-state index contributed by atoms with van der Waals surface area (Å²) in [6.45, 7) is 2.75. The van der Waals surface area contributed by atoms with E-state index in [1.807, 2.05) is 6.07 Å². The molecule has 0 radical (unpaired) electrons. The summed E-state index contributed by atoms with van der Waals surface area (Å²) < 4.78 is 11.5. The maximum absolute atomic E-state index is 12.6.